The Morgan fingerprint density at radius 3 is 2.32 bits per heavy atom. The summed E-state index contributed by atoms with van der Waals surface area (Å²) in [6.45, 7) is -1.43. The van der Waals surface area contributed by atoms with Crippen molar-refractivity contribution in [3.8, 4) is 17.2 Å². The minimum atomic E-state index is -3.57. The summed E-state index contributed by atoms with van der Waals surface area (Å²) in [7, 11) is 2.61. The number of alkyl halides is 2. The number of rotatable bonds is 5. The molecule has 8 heteroatoms. The predicted octanol–water partition coefficient (Wildman–Crippen LogP) is 1.46. The number of methoxy groups -OCH3 is 2. The summed E-state index contributed by atoms with van der Waals surface area (Å²) in [5, 5.41) is 18.3. The second kappa shape index (κ2) is 6.74. The first-order valence-corrected chi connectivity index (χ1v) is 5.06. The Bertz CT molecular complexity index is 431. The summed E-state index contributed by atoms with van der Waals surface area (Å²) >= 11 is 0. The van der Waals surface area contributed by atoms with Gasteiger partial charge in [0.2, 0.25) is 0 Å². The molecule has 5 nitrogen and oxygen atoms in total. The van der Waals surface area contributed by atoms with Crippen LogP contribution in [0.15, 0.2) is 12.1 Å². The highest BCUT2D eigenvalue weighted by Crippen LogP contribution is 2.41. The molecule has 1 atom stereocenters. The van der Waals surface area contributed by atoms with Gasteiger partial charge >= 0.3 is 0 Å². The maximum atomic E-state index is 13.3. The van der Waals surface area contributed by atoms with Gasteiger partial charge in [-0.1, -0.05) is 0 Å². The number of nitrogens with two attached hydrogens (primary N) is 1. The van der Waals surface area contributed by atoms with Crippen molar-refractivity contribution in [1.29, 1.82) is 0 Å². The van der Waals surface area contributed by atoms with E-state index in [0.29, 0.717) is 0 Å². The van der Waals surface area contributed by atoms with Gasteiger partial charge in [-0.05, 0) is 0 Å². The van der Waals surface area contributed by atoms with Crippen molar-refractivity contribution in [2.24, 2.45) is 5.73 Å². The molecule has 0 aliphatic carbocycles. The lowest BCUT2D eigenvalue weighted by Crippen LogP contribution is -2.36. The molecule has 1 rings (SSSR count). The maximum absolute atomic E-state index is 13.3. The SMILES string of the molecule is COc1cc(O)c([C@H](N)C(F)(F)CO)c(OC)c1.Cl. The largest absolute Gasteiger partial charge is 0.507 e. The number of benzene rings is 1. The van der Waals surface area contributed by atoms with E-state index in [1.54, 1.807) is 0 Å². The molecule has 110 valence electrons. The Morgan fingerprint density at radius 2 is 1.89 bits per heavy atom. The van der Waals surface area contributed by atoms with Crippen LogP contribution < -0.4 is 15.2 Å². The van der Waals surface area contributed by atoms with Crippen LogP contribution in [0.4, 0.5) is 8.78 Å². The monoisotopic (exact) mass is 299 g/mol. The third-order valence-corrected chi connectivity index (χ3v) is 2.53. The Hall–Kier alpha value is -1.31. The fraction of sp³-hybridized carbons (Fsp3) is 0.455. The van der Waals surface area contributed by atoms with Crippen LogP contribution in [-0.2, 0) is 0 Å². The van der Waals surface area contributed by atoms with Crippen LogP contribution in [-0.4, -0.2) is 37.0 Å². The third kappa shape index (κ3) is 3.59. The number of halogens is 3. The lowest BCUT2D eigenvalue weighted by atomic mass is 9.99. The summed E-state index contributed by atoms with van der Waals surface area (Å²) in [6, 6.07) is 0.580. The Kier molecular flexibility index (Phi) is 6.28. The van der Waals surface area contributed by atoms with Crippen LogP contribution >= 0.6 is 12.4 Å². The minimum absolute atomic E-state index is 0. The molecule has 0 spiro atoms. The summed E-state index contributed by atoms with van der Waals surface area (Å²) in [5.41, 5.74) is 5.08. The number of ether oxygens (including phenoxy) is 2. The number of aliphatic hydroxyl groups excluding tert-OH is 1. The molecule has 0 aliphatic rings. The topological polar surface area (TPSA) is 84.9 Å². The summed E-state index contributed by atoms with van der Waals surface area (Å²) < 4.78 is 36.4. The van der Waals surface area contributed by atoms with Crippen LogP contribution in [0.25, 0.3) is 0 Å². The van der Waals surface area contributed by atoms with E-state index in [1.807, 2.05) is 0 Å². The van der Waals surface area contributed by atoms with Gasteiger partial charge in [0.25, 0.3) is 5.92 Å². The smallest absolute Gasteiger partial charge is 0.289 e. The zero-order valence-electron chi connectivity index (χ0n) is 10.4. The molecule has 0 fully saturated rings. The molecule has 0 aromatic heterocycles. The fourth-order valence-electron chi connectivity index (χ4n) is 1.50. The second-order valence-electron chi connectivity index (χ2n) is 3.66. The van der Waals surface area contributed by atoms with Gasteiger partial charge in [0.1, 0.15) is 29.9 Å². The van der Waals surface area contributed by atoms with E-state index in [0.717, 1.165) is 6.07 Å². The molecular formula is C11H16ClF2NO4. The third-order valence-electron chi connectivity index (χ3n) is 2.53. The van der Waals surface area contributed by atoms with Crippen molar-refractivity contribution >= 4 is 12.4 Å². The molecule has 19 heavy (non-hydrogen) atoms. The molecule has 0 heterocycles. The van der Waals surface area contributed by atoms with E-state index in [4.69, 9.17) is 20.3 Å². The van der Waals surface area contributed by atoms with E-state index in [-0.39, 0.29) is 29.5 Å². The second-order valence-corrected chi connectivity index (χ2v) is 3.66. The van der Waals surface area contributed by atoms with Crippen LogP contribution in [0.3, 0.4) is 0 Å². The molecule has 0 unspecified atom stereocenters. The highest BCUT2D eigenvalue weighted by atomic mass is 35.5. The van der Waals surface area contributed by atoms with Gasteiger partial charge in [-0.25, -0.2) is 8.78 Å². The molecule has 0 aliphatic heterocycles. The summed E-state index contributed by atoms with van der Waals surface area (Å²) in [6.07, 6.45) is 0. The molecule has 0 radical (unpaired) electrons. The predicted molar refractivity (Wildman–Crippen MR) is 67.4 cm³/mol. The van der Waals surface area contributed by atoms with Crippen molar-refractivity contribution in [3.05, 3.63) is 17.7 Å². The Labute approximate surface area is 115 Å². The first-order valence-electron chi connectivity index (χ1n) is 5.06. The van der Waals surface area contributed by atoms with Crippen LogP contribution in [0, 0.1) is 0 Å². The first-order chi connectivity index (χ1) is 8.37. The van der Waals surface area contributed by atoms with Crippen molar-refractivity contribution in [1.82, 2.24) is 0 Å². The van der Waals surface area contributed by atoms with Crippen molar-refractivity contribution in [2.75, 3.05) is 20.8 Å². The zero-order chi connectivity index (χ0) is 13.9. The molecule has 0 saturated carbocycles. The van der Waals surface area contributed by atoms with E-state index in [1.165, 1.54) is 20.3 Å². The van der Waals surface area contributed by atoms with Gasteiger partial charge in [-0.3, -0.25) is 0 Å². The number of aromatic hydroxyl groups is 1. The van der Waals surface area contributed by atoms with Crippen LogP contribution in [0.1, 0.15) is 11.6 Å². The maximum Gasteiger partial charge on any atom is 0.289 e. The molecule has 0 amide bonds. The molecule has 0 saturated heterocycles. The van der Waals surface area contributed by atoms with Gasteiger partial charge in [0, 0.05) is 12.1 Å². The number of hydrogen-bond acceptors (Lipinski definition) is 5. The molecule has 4 N–H and O–H groups in total. The summed E-state index contributed by atoms with van der Waals surface area (Å²) in [4.78, 5) is 0. The van der Waals surface area contributed by atoms with Crippen LogP contribution in [0.2, 0.25) is 0 Å². The normalized spacial score (nSPS) is 12.5. The Balaban J connectivity index is 0.00000324. The fourth-order valence-corrected chi connectivity index (χ4v) is 1.50. The van der Waals surface area contributed by atoms with Gasteiger partial charge in [-0.2, -0.15) is 0 Å². The zero-order valence-corrected chi connectivity index (χ0v) is 11.2. The standard InChI is InChI=1S/C11H15F2NO4.ClH/c1-17-6-3-7(16)9(8(4-6)18-2)10(14)11(12,13)5-15;/h3-4,10,15-16H,5,14H2,1-2H3;1H/t10-;/m0./s1. The highest BCUT2D eigenvalue weighted by Gasteiger charge is 2.40. The van der Waals surface area contributed by atoms with Gasteiger partial charge in [0.15, 0.2) is 0 Å². The molecule has 1 aromatic carbocycles. The summed E-state index contributed by atoms with van der Waals surface area (Å²) in [5.74, 6) is -3.84. The first kappa shape index (κ1) is 17.7. The van der Waals surface area contributed by atoms with Crippen molar-refractivity contribution in [3.63, 3.8) is 0 Å². The molecule has 0 bridgehead atoms. The Morgan fingerprint density at radius 1 is 1.32 bits per heavy atom. The number of hydrogen-bond donors (Lipinski definition) is 3. The lowest BCUT2D eigenvalue weighted by molar-refractivity contribution is -0.0720. The van der Waals surface area contributed by atoms with Crippen molar-refractivity contribution in [2.45, 2.75) is 12.0 Å². The average molecular weight is 300 g/mol. The van der Waals surface area contributed by atoms with E-state index < -0.39 is 24.3 Å². The van der Waals surface area contributed by atoms with Gasteiger partial charge in [0.05, 0.1) is 19.8 Å². The molecule has 1 aromatic rings. The van der Waals surface area contributed by atoms with E-state index in [9.17, 15) is 13.9 Å². The average Bonchev–Trinajstić information content (AvgIpc) is 2.36. The number of phenols is 1. The van der Waals surface area contributed by atoms with Crippen LogP contribution in [0.5, 0.6) is 17.2 Å². The van der Waals surface area contributed by atoms with Gasteiger partial charge in [-0.15, -0.1) is 12.4 Å². The number of aliphatic hydroxyl groups is 1. The van der Waals surface area contributed by atoms with E-state index >= 15 is 0 Å². The lowest BCUT2D eigenvalue weighted by Gasteiger charge is -2.24. The van der Waals surface area contributed by atoms with Crippen molar-refractivity contribution < 1.29 is 28.5 Å². The van der Waals surface area contributed by atoms with Gasteiger partial charge < -0.3 is 25.4 Å². The highest BCUT2D eigenvalue weighted by molar-refractivity contribution is 5.85. The van der Waals surface area contributed by atoms with E-state index in [2.05, 4.69) is 0 Å². The minimum Gasteiger partial charge on any atom is -0.507 e. The quantitative estimate of drug-likeness (QED) is 0.766. The number of phenolic OH excluding ortho intramolecular Hbond substituents is 1. The molecular weight excluding hydrogens is 284 g/mol.